The fourth-order valence-corrected chi connectivity index (χ4v) is 4.47. The van der Waals surface area contributed by atoms with E-state index in [-0.39, 0.29) is 23.4 Å². The summed E-state index contributed by atoms with van der Waals surface area (Å²) in [5.74, 6) is -0.908. The number of anilines is 1. The number of benzene rings is 1. The summed E-state index contributed by atoms with van der Waals surface area (Å²) < 4.78 is 83.9. The molecule has 1 aliphatic heterocycles. The molecule has 3 rings (SSSR count). The molecule has 1 aliphatic rings. The fourth-order valence-electron chi connectivity index (χ4n) is 4.47. The normalized spacial score (nSPS) is 18.0. The number of pyridine rings is 1. The summed E-state index contributed by atoms with van der Waals surface area (Å²) >= 11 is 0. The van der Waals surface area contributed by atoms with Gasteiger partial charge in [0.1, 0.15) is 23.9 Å². The van der Waals surface area contributed by atoms with Gasteiger partial charge in [-0.2, -0.15) is 13.2 Å². The predicted molar refractivity (Wildman–Crippen MR) is 138 cm³/mol. The predicted octanol–water partition coefficient (Wildman–Crippen LogP) is 5.38. The third-order valence-electron chi connectivity index (χ3n) is 6.40. The topological polar surface area (TPSA) is 92.8 Å². The fraction of sp³-hybridized carbons (Fsp3) is 0.519. The highest BCUT2D eigenvalue weighted by atomic mass is 19.4. The highest BCUT2D eigenvalue weighted by Gasteiger charge is 2.36. The summed E-state index contributed by atoms with van der Waals surface area (Å²) in [6.45, 7) is 4.22. The van der Waals surface area contributed by atoms with Crippen molar-refractivity contribution in [2.75, 3.05) is 18.0 Å². The molecule has 226 valence electrons. The van der Waals surface area contributed by atoms with Gasteiger partial charge < -0.3 is 25.0 Å². The molecular weight excluding hydrogens is 558 g/mol. The number of hydrogen-bond donors (Lipinski definition) is 2. The van der Waals surface area contributed by atoms with Gasteiger partial charge in [-0.25, -0.2) is 4.98 Å². The van der Waals surface area contributed by atoms with Crippen molar-refractivity contribution in [3.8, 4) is 11.5 Å². The maximum absolute atomic E-state index is 13.1. The van der Waals surface area contributed by atoms with E-state index in [4.69, 9.17) is 4.74 Å². The van der Waals surface area contributed by atoms with E-state index in [9.17, 15) is 35.9 Å². The van der Waals surface area contributed by atoms with Gasteiger partial charge in [0, 0.05) is 24.8 Å². The van der Waals surface area contributed by atoms with Crippen molar-refractivity contribution in [1.82, 2.24) is 15.6 Å². The molecule has 8 nitrogen and oxygen atoms in total. The Hall–Kier alpha value is -3.71. The number of ether oxygens (including phenoxy) is 2. The molecule has 0 aliphatic carbocycles. The Kier molecular flexibility index (Phi) is 9.98. The molecule has 2 aromatic rings. The zero-order chi connectivity index (χ0) is 30.4. The number of halogens is 6. The Morgan fingerprint density at radius 2 is 1.63 bits per heavy atom. The van der Waals surface area contributed by atoms with Crippen LogP contribution >= 0.6 is 0 Å². The maximum Gasteiger partial charge on any atom is 0.573 e. The van der Waals surface area contributed by atoms with Gasteiger partial charge in [0.2, 0.25) is 0 Å². The van der Waals surface area contributed by atoms with Crippen molar-refractivity contribution in [3.05, 3.63) is 48.2 Å². The first-order valence-corrected chi connectivity index (χ1v) is 13.0. The second kappa shape index (κ2) is 12.9. The standard InChI is InChI=1S/C27H32F6N4O4/c1-4-5-19-14-18(12-13-37(19)22-11-6-17(15-34-22)23(38)35-16-26(28,29)30)36-24(39)25(2,3)40-20-7-9-21(10-8-20)41-27(31,32)33/h6-11,15,18-19H,4-5,12-14,16H2,1-3H3,(H,35,38)(H,36,39). The van der Waals surface area contributed by atoms with Crippen LogP contribution in [-0.4, -0.2) is 60.1 Å². The van der Waals surface area contributed by atoms with Crippen molar-refractivity contribution in [2.24, 2.45) is 0 Å². The monoisotopic (exact) mass is 590 g/mol. The Morgan fingerprint density at radius 1 is 1.00 bits per heavy atom. The van der Waals surface area contributed by atoms with Crippen molar-refractivity contribution >= 4 is 17.6 Å². The van der Waals surface area contributed by atoms with Crippen LogP contribution in [0.1, 0.15) is 56.8 Å². The molecule has 2 heterocycles. The summed E-state index contributed by atoms with van der Waals surface area (Å²) in [4.78, 5) is 31.4. The largest absolute Gasteiger partial charge is 0.573 e. The molecule has 2 unspecified atom stereocenters. The van der Waals surface area contributed by atoms with Crippen LogP contribution in [0, 0.1) is 0 Å². The van der Waals surface area contributed by atoms with Gasteiger partial charge in [-0.3, -0.25) is 9.59 Å². The summed E-state index contributed by atoms with van der Waals surface area (Å²) in [5, 5.41) is 4.82. The Bertz CT molecular complexity index is 1170. The average molecular weight is 591 g/mol. The first kappa shape index (κ1) is 31.8. The minimum atomic E-state index is -4.82. The highest BCUT2D eigenvalue weighted by Crippen LogP contribution is 2.29. The van der Waals surface area contributed by atoms with Gasteiger partial charge in [0.15, 0.2) is 5.60 Å². The SMILES string of the molecule is CCCC1CC(NC(=O)C(C)(C)Oc2ccc(OC(F)(F)F)cc2)CCN1c1ccc(C(=O)NCC(F)(F)F)cn1. The molecule has 0 saturated carbocycles. The van der Waals surface area contributed by atoms with Crippen LogP contribution in [0.25, 0.3) is 0 Å². The molecule has 1 aromatic carbocycles. The number of nitrogens with zero attached hydrogens (tertiary/aromatic N) is 2. The van der Waals surface area contributed by atoms with E-state index in [2.05, 4.69) is 19.9 Å². The first-order chi connectivity index (χ1) is 19.1. The van der Waals surface area contributed by atoms with E-state index in [0.717, 1.165) is 25.0 Å². The van der Waals surface area contributed by atoms with Gasteiger partial charge in [0.05, 0.1) is 5.56 Å². The summed E-state index contributed by atoms with van der Waals surface area (Å²) in [5.41, 5.74) is -1.31. The summed E-state index contributed by atoms with van der Waals surface area (Å²) in [6, 6.07) is 7.58. The number of hydrogen-bond acceptors (Lipinski definition) is 6. The molecule has 2 N–H and O–H groups in total. The van der Waals surface area contributed by atoms with Crippen LogP contribution in [0.4, 0.5) is 32.2 Å². The molecule has 0 spiro atoms. The van der Waals surface area contributed by atoms with Crippen molar-refractivity contribution in [3.63, 3.8) is 0 Å². The lowest BCUT2D eigenvalue weighted by molar-refractivity contribution is -0.274. The number of piperidine rings is 1. The maximum atomic E-state index is 13.1. The Balaban J connectivity index is 1.59. The zero-order valence-corrected chi connectivity index (χ0v) is 22.7. The van der Waals surface area contributed by atoms with E-state index in [1.807, 2.05) is 12.2 Å². The molecular formula is C27H32F6N4O4. The third kappa shape index (κ3) is 9.71. The molecule has 41 heavy (non-hydrogen) atoms. The van der Waals surface area contributed by atoms with E-state index in [1.165, 1.54) is 24.4 Å². The Labute approximate surface area is 233 Å². The second-order valence-corrected chi connectivity index (χ2v) is 10.2. The average Bonchev–Trinajstić information content (AvgIpc) is 2.87. The van der Waals surface area contributed by atoms with Crippen LogP contribution in [0.3, 0.4) is 0 Å². The molecule has 0 bridgehead atoms. The number of carbonyl (C=O) groups excluding carboxylic acids is 2. The van der Waals surface area contributed by atoms with Crippen LogP contribution in [0.15, 0.2) is 42.6 Å². The van der Waals surface area contributed by atoms with Crippen molar-refractivity contribution in [2.45, 2.75) is 76.7 Å². The van der Waals surface area contributed by atoms with Crippen molar-refractivity contribution < 1.29 is 45.4 Å². The number of amides is 2. The van der Waals surface area contributed by atoms with Gasteiger partial charge in [-0.15, -0.1) is 13.2 Å². The lowest BCUT2D eigenvalue weighted by Crippen LogP contribution is -2.55. The minimum absolute atomic E-state index is 0.00154. The van der Waals surface area contributed by atoms with E-state index in [0.29, 0.717) is 25.2 Å². The molecule has 1 saturated heterocycles. The van der Waals surface area contributed by atoms with E-state index < -0.39 is 42.2 Å². The smallest absolute Gasteiger partial charge is 0.478 e. The molecule has 2 atom stereocenters. The number of nitrogens with one attached hydrogen (secondary N) is 2. The van der Waals surface area contributed by atoms with Crippen LogP contribution in [0.2, 0.25) is 0 Å². The van der Waals surface area contributed by atoms with Crippen molar-refractivity contribution in [1.29, 1.82) is 0 Å². The number of carbonyl (C=O) groups is 2. The van der Waals surface area contributed by atoms with Gasteiger partial charge >= 0.3 is 12.5 Å². The third-order valence-corrected chi connectivity index (χ3v) is 6.40. The minimum Gasteiger partial charge on any atom is -0.478 e. The summed E-state index contributed by atoms with van der Waals surface area (Å²) in [7, 11) is 0. The highest BCUT2D eigenvalue weighted by molar-refractivity contribution is 5.94. The second-order valence-electron chi connectivity index (χ2n) is 10.2. The van der Waals surface area contributed by atoms with Crippen LogP contribution in [-0.2, 0) is 4.79 Å². The lowest BCUT2D eigenvalue weighted by atomic mass is 9.93. The molecule has 2 amide bonds. The zero-order valence-electron chi connectivity index (χ0n) is 22.7. The Morgan fingerprint density at radius 3 is 2.17 bits per heavy atom. The molecule has 14 heteroatoms. The lowest BCUT2D eigenvalue weighted by Gasteiger charge is -2.41. The van der Waals surface area contributed by atoms with E-state index in [1.54, 1.807) is 19.9 Å². The van der Waals surface area contributed by atoms with Crippen LogP contribution < -0.4 is 25.0 Å². The van der Waals surface area contributed by atoms with Gasteiger partial charge in [-0.05, 0) is 69.5 Å². The number of rotatable bonds is 10. The first-order valence-electron chi connectivity index (χ1n) is 13.0. The quantitative estimate of drug-likeness (QED) is 0.361. The molecule has 1 aromatic heterocycles. The molecule has 1 fully saturated rings. The van der Waals surface area contributed by atoms with E-state index >= 15 is 0 Å². The van der Waals surface area contributed by atoms with Crippen LogP contribution in [0.5, 0.6) is 11.5 Å². The van der Waals surface area contributed by atoms with Gasteiger partial charge in [-0.1, -0.05) is 13.3 Å². The molecule has 0 radical (unpaired) electrons. The number of alkyl halides is 6. The summed E-state index contributed by atoms with van der Waals surface area (Å²) in [6.07, 6.45) is -5.30. The number of aromatic nitrogens is 1. The van der Waals surface area contributed by atoms with Gasteiger partial charge in [0.25, 0.3) is 11.8 Å².